The number of aromatic nitrogens is 1. The highest BCUT2D eigenvalue weighted by atomic mass is 32.1. The number of hydrogen-bond donors (Lipinski definition) is 2. The molecule has 0 saturated heterocycles. The van der Waals surface area contributed by atoms with Crippen LogP contribution in [0.5, 0.6) is 0 Å². The summed E-state index contributed by atoms with van der Waals surface area (Å²) in [7, 11) is 0. The zero-order valence-corrected chi connectivity index (χ0v) is 15.7. The zero-order chi connectivity index (χ0) is 17.2. The smallest absolute Gasteiger partial charge is 0.191 e. The van der Waals surface area contributed by atoms with Crippen molar-refractivity contribution in [3.05, 3.63) is 52.0 Å². The lowest BCUT2D eigenvalue weighted by atomic mass is 10.1. The minimum absolute atomic E-state index is 0.365. The van der Waals surface area contributed by atoms with Crippen molar-refractivity contribution in [1.29, 1.82) is 0 Å². The summed E-state index contributed by atoms with van der Waals surface area (Å²) < 4.78 is 0. The van der Waals surface area contributed by atoms with Crippen LogP contribution in [0.3, 0.4) is 0 Å². The summed E-state index contributed by atoms with van der Waals surface area (Å²) in [6.45, 7) is 7.90. The molecule has 1 heterocycles. The van der Waals surface area contributed by atoms with Gasteiger partial charge in [-0.3, -0.25) is 0 Å². The van der Waals surface area contributed by atoms with Crippen molar-refractivity contribution in [3.8, 4) is 0 Å². The van der Waals surface area contributed by atoms with E-state index >= 15 is 0 Å². The van der Waals surface area contributed by atoms with E-state index in [0.717, 1.165) is 37.5 Å². The molecule has 4 nitrogen and oxygen atoms in total. The Labute approximate surface area is 149 Å². The summed E-state index contributed by atoms with van der Waals surface area (Å²) >= 11 is 1.71. The molecular formula is C19H28N4S. The number of guanidine groups is 1. The van der Waals surface area contributed by atoms with Crippen molar-refractivity contribution < 1.29 is 0 Å². The summed E-state index contributed by atoms with van der Waals surface area (Å²) in [5.41, 5.74) is 2.42. The quantitative estimate of drug-likeness (QED) is 0.566. The third-order valence-electron chi connectivity index (χ3n) is 3.74. The van der Waals surface area contributed by atoms with Gasteiger partial charge in [0.25, 0.3) is 0 Å². The predicted octanol–water partition coefficient (Wildman–Crippen LogP) is 3.78. The SMILES string of the molecule is CCNC(=NCc1csc(CC)n1)NC(C)CCc1ccccc1. The van der Waals surface area contributed by atoms with Gasteiger partial charge in [0.1, 0.15) is 0 Å². The van der Waals surface area contributed by atoms with Crippen LogP contribution >= 0.6 is 11.3 Å². The fourth-order valence-corrected chi connectivity index (χ4v) is 3.13. The van der Waals surface area contributed by atoms with E-state index in [4.69, 9.17) is 0 Å². The van der Waals surface area contributed by atoms with Gasteiger partial charge < -0.3 is 10.6 Å². The molecule has 0 radical (unpaired) electrons. The first-order valence-corrected chi connectivity index (χ1v) is 9.61. The van der Waals surface area contributed by atoms with Gasteiger partial charge in [0.15, 0.2) is 5.96 Å². The van der Waals surface area contributed by atoms with Crippen molar-refractivity contribution in [2.24, 2.45) is 4.99 Å². The zero-order valence-electron chi connectivity index (χ0n) is 14.9. The number of aliphatic imine (C=N–C) groups is 1. The Bertz CT molecular complexity index is 621. The fraction of sp³-hybridized carbons (Fsp3) is 0.474. The first kappa shape index (κ1) is 18.5. The summed E-state index contributed by atoms with van der Waals surface area (Å²) in [5.74, 6) is 0.865. The van der Waals surface area contributed by atoms with Gasteiger partial charge in [-0.1, -0.05) is 37.3 Å². The average Bonchev–Trinajstić information content (AvgIpc) is 3.07. The summed E-state index contributed by atoms with van der Waals surface area (Å²) in [6, 6.07) is 11.0. The molecule has 24 heavy (non-hydrogen) atoms. The molecule has 0 aliphatic carbocycles. The lowest BCUT2D eigenvalue weighted by Gasteiger charge is -2.17. The molecular weight excluding hydrogens is 316 g/mol. The number of aryl methyl sites for hydroxylation is 2. The number of nitrogens with one attached hydrogen (secondary N) is 2. The molecule has 2 rings (SSSR count). The molecule has 1 atom stereocenters. The highest BCUT2D eigenvalue weighted by Crippen LogP contribution is 2.11. The minimum atomic E-state index is 0.365. The monoisotopic (exact) mass is 344 g/mol. The van der Waals surface area contributed by atoms with E-state index in [1.54, 1.807) is 11.3 Å². The second-order valence-corrected chi connectivity index (χ2v) is 6.79. The lowest BCUT2D eigenvalue weighted by molar-refractivity contribution is 0.593. The highest BCUT2D eigenvalue weighted by molar-refractivity contribution is 7.09. The number of thiazole rings is 1. The molecule has 5 heteroatoms. The van der Waals surface area contributed by atoms with Crippen LogP contribution in [-0.4, -0.2) is 23.5 Å². The van der Waals surface area contributed by atoms with Gasteiger partial charge in [-0.25, -0.2) is 9.98 Å². The topological polar surface area (TPSA) is 49.3 Å². The molecule has 1 unspecified atom stereocenters. The van der Waals surface area contributed by atoms with Crippen molar-refractivity contribution in [2.45, 2.75) is 52.6 Å². The van der Waals surface area contributed by atoms with E-state index in [0.29, 0.717) is 12.6 Å². The van der Waals surface area contributed by atoms with Gasteiger partial charge >= 0.3 is 0 Å². The molecule has 1 aromatic carbocycles. The molecule has 0 spiro atoms. The Hall–Kier alpha value is -1.88. The van der Waals surface area contributed by atoms with Gasteiger partial charge in [-0.2, -0.15) is 0 Å². The Morgan fingerprint density at radius 2 is 2.04 bits per heavy atom. The maximum atomic E-state index is 4.66. The highest BCUT2D eigenvalue weighted by Gasteiger charge is 2.06. The van der Waals surface area contributed by atoms with Crippen LogP contribution in [0.1, 0.15) is 43.5 Å². The fourth-order valence-electron chi connectivity index (χ4n) is 2.40. The van der Waals surface area contributed by atoms with Gasteiger partial charge in [-0.05, 0) is 38.7 Å². The molecule has 2 N–H and O–H groups in total. The molecule has 2 aromatic rings. The molecule has 130 valence electrons. The second kappa shape index (κ2) is 10.1. The Balaban J connectivity index is 1.85. The lowest BCUT2D eigenvalue weighted by Crippen LogP contribution is -2.42. The van der Waals surface area contributed by atoms with Crippen LogP contribution in [0, 0.1) is 0 Å². The standard InChI is InChI=1S/C19H28N4S/c1-4-18-23-17(14-24-18)13-21-19(20-5-2)22-15(3)11-12-16-9-7-6-8-10-16/h6-10,14-15H,4-5,11-13H2,1-3H3,(H2,20,21,22). The third-order valence-corrected chi connectivity index (χ3v) is 4.78. The van der Waals surface area contributed by atoms with E-state index in [9.17, 15) is 0 Å². The average molecular weight is 345 g/mol. The number of hydrogen-bond acceptors (Lipinski definition) is 3. The minimum Gasteiger partial charge on any atom is -0.357 e. The van der Waals surface area contributed by atoms with Crippen molar-refractivity contribution in [3.63, 3.8) is 0 Å². The van der Waals surface area contributed by atoms with Gasteiger partial charge in [0, 0.05) is 18.0 Å². The molecule has 0 amide bonds. The summed E-state index contributed by atoms with van der Waals surface area (Å²) in [4.78, 5) is 9.24. The van der Waals surface area contributed by atoms with Crippen LogP contribution in [-0.2, 0) is 19.4 Å². The van der Waals surface area contributed by atoms with E-state index in [-0.39, 0.29) is 0 Å². The largest absolute Gasteiger partial charge is 0.357 e. The van der Waals surface area contributed by atoms with E-state index in [1.165, 1.54) is 10.6 Å². The molecule has 0 fully saturated rings. The maximum absolute atomic E-state index is 4.66. The molecule has 1 aromatic heterocycles. The molecule has 0 saturated carbocycles. The first-order valence-electron chi connectivity index (χ1n) is 8.73. The van der Waals surface area contributed by atoms with E-state index in [2.05, 4.69) is 77.1 Å². The molecule has 0 bridgehead atoms. The van der Waals surface area contributed by atoms with Crippen molar-refractivity contribution in [2.75, 3.05) is 6.54 Å². The summed E-state index contributed by atoms with van der Waals surface area (Å²) in [6.07, 6.45) is 3.13. The number of benzene rings is 1. The van der Waals surface area contributed by atoms with E-state index in [1.807, 2.05) is 0 Å². The third kappa shape index (κ3) is 6.32. The second-order valence-electron chi connectivity index (χ2n) is 5.85. The van der Waals surface area contributed by atoms with Crippen molar-refractivity contribution in [1.82, 2.24) is 15.6 Å². The Morgan fingerprint density at radius 3 is 2.71 bits per heavy atom. The van der Waals surface area contributed by atoms with Gasteiger partial charge in [0.2, 0.25) is 0 Å². The Kier molecular flexibility index (Phi) is 7.75. The van der Waals surface area contributed by atoms with Crippen LogP contribution in [0.15, 0.2) is 40.7 Å². The van der Waals surface area contributed by atoms with Crippen LogP contribution < -0.4 is 10.6 Å². The maximum Gasteiger partial charge on any atom is 0.191 e. The summed E-state index contributed by atoms with van der Waals surface area (Å²) in [5, 5.41) is 10.1. The number of rotatable bonds is 8. The van der Waals surface area contributed by atoms with Gasteiger partial charge in [-0.15, -0.1) is 11.3 Å². The van der Waals surface area contributed by atoms with Crippen LogP contribution in [0.2, 0.25) is 0 Å². The first-order chi connectivity index (χ1) is 11.7. The van der Waals surface area contributed by atoms with Crippen LogP contribution in [0.4, 0.5) is 0 Å². The van der Waals surface area contributed by atoms with E-state index < -0.39 is 0 Å². The molecule has 0 aliphatic rings. The van der Waals surface area contributed by atoms with Crippen molar-refractivity contribution >= 4 is 17.3 Å². The number of nitrogens with zero attached hydrogens (tertiary/aromatic N) is 2. The normalized spacial score (nSPS) is 12.9. The molecule has 0 aliphatic heterocycles. The predicted molar refractivity (Wildman–Crippen MR) is 104 cm³/mol. The van der Waals surface area contributed by atoms with Gasteiger partial charge in [0.05, 0.1) is 17.2 Å². The van der Waals surface area contributed by atoms with Crippen LogP contribution in [0.25, 0.3) is 0 Å². The Morgan fingerprint density at radius 1 is 1.25 bits per heavy atom.